The van der Waals surface area contributed by atoms with Crippen LogP contribution in [0, 0.1) is 0 Å². The van der Waals surface area contributed by atoms with Crippen LogP contribution >= 0.6 is 22.9 Å². The standard InChI is InChI=1S/C13H17ClN2OS/c1-3-5-6-11-15-12-9(8-10(14)18-12)13(17)16(11)7-4-2/h8H,3-7H2,1-2H3. The molecule has 0 spiro atoms. The lowest BCUT2D eigenvalue weighted by molar-refractivity contribution is 0.591. The first-order valence-electron chi connectivity index (χ1n) is 6.36. The van der Waals surface area contributed by atoms with Gasteiger partial charge in [-0.3, -0.25) is 9.36 Å². The summed E-state index contributed by atoms with van der Waals surface area (Å²) >= 11 is 7.35. The summed E-state index contributed by atoms with van der Waals surface area (Å²) in [5.74, 6) is 0.898. The van der Waals surface area contributed by atoms with Gasteiger partial charge in [0.25, 0.3) is 5.56 Å². The van der Waals surface area contributed by atoms with Crippen LogP contribution in [0.5, 0.6) is 0 Å². The Hall–Kier alpha value is -0.870. The average Bonchev–Trinajstić information content (AvgIpc) is 2.72. The number of hydrogen-bond acceptors (Lipinski definition) is 3. The van der Waals surface area contributed by atoms with Crippen LogP contribution in [-0.4, -0.2) is 9.55 Å². The molecule has 0 aliphatic rings. The van der Waals surface area contributed by atoms with Gasteiger partial charge in [0, 0.05) is 13.0 Å². The second-order valence-corrected chi connectivity index (χ2v) is 6.02. The summed E-state index contributed by atoms with van der Waals surface area (Å²) in [4.78, 5) is 17.8. The number of halogens is 1. The Morgan fingerprint density at radius 1 is 1.39 bits per heavy atom. The monoisotopic (exact) mass is 284 g/mol. The molecule has 0 fully saturated rings. The van der Waals surface area contributed by atoms with Crippen LogP contribution in [0.1, 0.15) is 38.9 Å². The minimum Gasteiger partial charge on any atom is -0.296 e. The topological polar surface area (TPSA) is 34.9 Å². The van der Waals surface area contributed by atoms with E-state index in [1.807, 2.05) is 0 Å². The van der Waals surface area contributed by atoms with Crippen molar-refractivity contribution >= 4 is 33.2 Å². The van der Waals surface area contributed by atoms with E-state index in [0.29, 0.717) is 9.72 Å². The third-order valence-electron chi connectivity index (χ3n) is 2.90. The largest absolute Gasteiger partial charge is 0.296 e. The zero-order valence-electron chi connectivity index (χ0n) is 10.7. The fourth-order valence-electron chi connectivity index (χ4n) is 2.01. The highest BCUT2D eigenvalue weighted by Crippen LogP contribution is 2.26. The van der Waals surface area contributed by atoms with E-state index in [4.69, 9.17) is 11.6 Å². The van der Waals surface area contributed by atoms with Crippen molar-refractivity contribution in [2.24, 2.45) is 0 Å². The van der Waals surface area contributed by atoms with Gasteiger partial charge in [0.15, 0.2) is 0 Å². The van der Waals surface area contributed by atoms with Gasteiger partial charge in [0.05, 0.1) is 9.72 Å². The summed E-state index contributed by atoms with van der Waals surface area (Å²) in [6.45, 7) is 4.94. The maximum atomic E-state index is 12.4. The quantitative estimate of drug-likeness (QED) is 0.835. The number of rotatable bonds is 5. The summed E-state index contributed by atoms with van der Waals surface area (Å²) in [6.07, 6.45) is 3.95. The van der Waals surface area contributed by atoms with Crippen LogP contribution in [0.2, 0.25) is 4.34 Å². The van der Waals surface area contributed by atoms with Gasteiger partial charge >= 0.3 is 0 Å². The Kier molecular flexibility index (Phi) is 4.40. The Bertz CT molecular complexity index is 603. The normalized spacial score (nSPS) is 11.3. The summed E-state index contributed by atoms with van der Waals surface area (Å²) in [7, 11) is 0. The summed E-state index contributed by atoms with van der Waals surface area (Å²) in [5.41, 5.74) is 0.0519. The molecule has 0 unspecified atom stereocenters. The Morgan fingerprint density at radius 3 is 2.83 bits per heavy atom. The molecule has 18 heavy (non-hydrogen) atoms. The summed E-state index contributed by atoms with van der Waals surface area (Å²) in [5, 5.41) is 0.652. The maximum absolute atomic E-state index is 12.4. The molecular formula is C13H17ClN2OS. The molecule has 98 valence electrons. The highest BCUT2D eigenvalue weighted by molar-refractivity contribution is 7.22. The summed E-state index contributed by atoms with van der Waals surface area (Å²) in [6, 6.07) is 1.73. The van der Waals surface area contributed by atoms with Crippen molar-refractivity contribution in [3.8, 4) is 0 Å². The zero-order chi connectivity index (χ0) is 13.1. The van der Waals surface area contributed by atoms with E-state index in [0.717, 1.165) is 42.9 Å². The van der Waals surface area contributed by atoms with E-state index in [1.165, 1.54) is 11.3 Å². The Labute approximate surface area is 115 Å². The molecule has 3 nitrogen and oxygen atoms in total. The van der Waals surface area contributed by atoms with E-state index >= 15 is 0 Å². The van der Waals surface area contributed by atoms with Crippen molar-refractivity contribution in [3.05, 3.63) is 26.6 Å². The zero-order valence-corrected chi connectivity index (χ0v) is 12.3. The van der Waals surface area contributed by atoms with Crippen LogP contribution in [0.4, 0.5) is 0 Å². The third kappa shape index (κ3) is 2.59. The lowest BCUT2D eigenvalue weighted by Gasteiger charge is -2.10. The van der Waals surface area contributed by atoms with Crippen LogP contribution in [-0.2, 0) is 13.0 Å². The van der Waals surface area contributed by atoms with Crippen molar-refractivity contribution in [2.45, 2.75) is 46.1 Å². The second-order valence-electron chi connectivity index (χ2n) is 4.36. The highest BCUT2D eigenvalue weighted by atomic mass is 35.5. The average molecular weight is 285 g/mol. The van der Waals surface area contributed by atoms with Crippen LogP contribution in [0.25, 0.3) is 10.2 Å². The smallest absolute Gasteiger partial charge is 0.262 e. The third-order valence-corrected chi connectivity index (χ3v) is 4.06. The number of unbranched alkanes of at least 4 members (excludes halogenated alkanes) is 1. The van der Waals surface area contributed by atoms with Gasteiger partial charge < -0.3 is 0 Å². The molecule has 0 radical (unpaired) electrons. The molecule has 5 heteroatoms. The first-order valence-corrected chi connectivity index (χ1v) is 7.55. The van der Waals surface area contributed by atoms with Crippen molar-refractivity contribution in [3.63, 3.8) is 0 Å². The molecule has 0 aliphatic heterocycles. The van der Waals surface area contributed by atoms with Gasteiger partial charge in [-0.2, -0.15) is 0 Å². The van der Waals surface area contributed by atoms with Gasteiger partial charge in [-0.05, 0) is 18.9 Å². The van der Waals surface area contributed by atoms with Crippen molar-refractivity contribution in [2.75, 3.05) is 0 Å². The maximum Gasteiger partial charge on any atom is 0.262 e. The molecular weight excluding hydrogens is 268 g/mol. The van der Waals surface area contributed by atoms with E-state index in [-0.39, 0.29) is 5.56 Å². The molecule has 0 saturated carbocycles. The molecule has 0 saturated heterocycles. The van der Waals surface area contributed by atoms with Crippen LogP contribution in [0.15, 0.2) is 10.9 Å². The van der Waals surface area contributed by atoms with Crippen molar-refractivity contribution < 1.29 is 0 Å². The number of aryl methyl sites for hydroxylation is 1. The number of fused-ring (bicyclic) bond motifs is 1. The van der Waals surface area contributed by atoms with Crippen LogP contribution < -0.4 is 5.56 Å². The number of thiophene rings is 1. The fourth-order valence-corrected chi connectivity index (χ4v) is 3.11. The van der Waals surface area contributed by atoms with Gasteiger partial charge in [-0.1, -0.05) is 31.9 Å². The Morgan fingerprint density at radius 2 is 2.17 bits per heavy atom. The summed E-state index contributed by atoms with van der Waals surface area (Å²) < 4.78 is 2.44. The molecule has 0 N–H and O–H groups in total. The molecule has 0 bridgehead atoms. The lowest BCUT2D eigenvalue weighted by Crippen LogP contribution is -2.24. The first kappa shape index (κ1) is 13.6. The predicted octanol–water partition coefficient (Wildman–Crippen LogP) is 3.86. The van der Waals surface area contributed by atoms with Gasteiger partial charge in [-0.15, -0.1) is 11.3 Å². The Balaban J connectivity index is 2.58. The van der Waals surface area contributed by atoms with E-state index in [9.17, 15) is 4.79 Å². The fraction of sp³-hybridized carbons (Fsp3) is 0.538. The molecule has 0 aliphatic carbocycles. The molecule has 2 aromatic rings. The lowest BCUT2D eigenvalue weighted by atomic mass is 10.2. The molecule has 2 heterocycles. The van der Waals surface area contributed by atoms with E-state index < -0.39 is 0 Å². The van der Waals surface area contributed by atoms with Gasteiger partial charge in [0.1, 0.15) is 10.7 Å². The number of nitrogens with zero attached hydrogens (tertiary/aromatic N) is 2. The number of aromatic nitrogens is 2. The predicted molar refractivity (Wildman–Crippen MR) is 77.8 cm³/mol. The first-order chi connectivity index (χ1) is 8.67. The molecule has 0 atom stereocenters. The van der Waals surface area contributed by atoms with E-state index in [1.54, 1.807) is 10.6 Å². The minimum atomic E-state index is 0.0519. The molecule has 0 aromatic carbocycles. The van der Waals surface area contributed by atoms with Gasteiger partial charge in [-0.25, -0.2) is 4.98 Å². The minimum absolute atomic E-state index is 0.0519. The molecule has 2 aromatic heterocycles. The van der Waals surface area contributed by atoms with Crippen molar-refractivity contribution in [1.29, 1.82) is 0 Å². The number of hydrogen-bond donors (Lipinski definition) is 0. The second kappa shape index (κ2) is 5.85. The SMILES string of the molecule is CCCCc1nc2sc(Cl)cc2c(=O)n1CCC. The van der Waals surface area contributed by atoms with Crippen LogP contribution in [0.3, 0.4) is 0 Å². The van der Waals surface area contributed by atoms with Gasteiger partial charge in [0.2, 0.25) is 0 Å². The van der Waals surface area contributed by atoms with E-state index in [2.05, 4.69) is 18.8 Å². The van der Waals surface area contributed by atoms with Crippen molar-refractivity contribution in [1.82, 2.24) is 9.55 Å². The molecule has 0 amide bonds. The highest BCUT2D eigenvalue weighted by Gasteiger charge is 2.12. The molecule has 2 rings (SSSR count).